The second-order valence-corrected chi connectivity index (χ2v) is 5.50. The Bertz CT molecular complexity index is 417. The summed E-state index contributed by atoms with van der Waals surface area (Å²) in [7, 11) is 0. The molecule has 1 aliphatic rings. The zero-order valence-electron chi connectivity index (χ0n) is 11.8. The molecule has 0 aliphatic carbocycles. The van der Waals surface area contributed by atoms with E-state index in [1.54, 1.807) is 12.1 Å². The molecule has 0 aromatic heterocycles. The number of fused-ring (bicyclic) bond motifs is 1. The molecule has 1 aliphatic heterocycles. The molecule has 0 spiro atoms. The van der Waals surface area contributed by atoms with Crippen molar-refractivity contribution in [3.63, 3.8) is 0 Å². The molecule has 3 nitrogen and oxygen atoms in total. The lowest BCUT2D eigenvalue weighted by Gasteiger charge is -2.27. The van der Waals surface area contributed by atoms with E-state index >= 15 is 0 Å². The second-order valence-electron chi connectivity index (χ2n) is 5.50. The zero-order chi connectivity index (χ0) is 13.7. The molecule has 0 bridgehead atoms. The molecule has 0 amide bonds. The van der Waals surface area contributed by atoms with Crippen LogP contribution in [0.25, 0.3) is 0 Å². The van der Waals surface area contributed by atoms with Crippen molar-refractivity contribution in [2.24, 2.45) is 0 Å². The van der Waals surface area contributed by atoms with Crippen LogP contribution in [0.1, 0.15) is 62.6 Å². The van der Waals surface area contributed by atoms with Crippen molar-refractivity contribution in [3.05, 3.63) is 23.3 Å². The first-order chi connectivity index (χ1) is 9.22. The molecular formula is C16H25NO2. The van der Waals surface area contributed by atoms with Crippen LogP contribution in [0.5, 0.6) is 11.5 Å². The van der Waals surface area contributed by atoms with E-state index in [0.29, 0.717) is 6.04 Å². The van der Waals surface area contributed by atoms with Gasteiger partial charge in [-0.15, -0.1) is 0 Å². The van der Waals surface area contributed by atoms with Gasteiger partial charge in [0, 0.05) is 6.04 Å². The van der Waals surface area contributed by atoms with Crippen molar-refractivity contribution in [1.82, 2.24) is 5.32 Å². The molecule has 0 saturated heterocycles. The molecule has 106 valence electrons. The molecule has 0 saturated carbocycles. The van der Waals surface area contributed by atoms with Crippen molar-refractivity contribution < 1.29 is 10.2 Å². The second kappa shape index (κ2) is 6.80. The normalized spacial score (nSPS) is 18.3. The topological polar surface area (TPSA) is 52.5 Å². The van der Waals surface area contributed by atoms with Gasteiger partial charge >= 0.3 is 0 Å². The molecule has 3 N–H and O–H groups in total. The number of aromatic hydroxyl groups is 2. The van der Waals surface area contributed by atoms with Gasteiger partial charge in [-0.2, -0.15) is 0 Å². The van der Waals surface area contributed by atoms with Gasteiger partial charge < -0.3 is 15.5 Å². The molecule has 0 fully saturated rings. The Hall–Kier alpha value is -1.22. The predicted molar refractivity (Wildman–Crippen MR) is 77.6 cm³/mol. The van der Waals surface area contributed by atoms with Gasteiger partial charge in [-0.25, -0.2) is 0 Å². The largest absolute Gasteiger partial charge is 0.504 e. The maximum atomic E-state index is 9.66. The van der Waals surface area contributed by atoms with E-state index in [0.717, 1.165) is 24.9 Å². The van der Waals surface area contributed by atoms with Gasteiger partial charge in [0.25, 0.3) is 0 Å². The van der Waals surface area contributed by atoms with E-state index in [1.807, 2.05) is 0 Å². The monoisotopic (exact) mass is 263 g/mol. The smallest absolute Gasteiger partial charge is 0.157 e. The first-order valence-electron chi connectivity index (χ1n) is 7.50. The van der Waals surface area contributed by atoms with E-state index in [1.165, 1.54) is 37.7 Å². The van der Waals surface area contributed by atoms with Crippen LogP contribution in [-0.2, 0) is 6.42 Å². The maximum absolute atomic E-state index is 9.66. The zero-order valence-corrected chi connectivity index (χ0v) is 11.8. The molecule has 1 aromatic rings. The molecule has 1 heterocycles. The summed E-state index contributed by atoms with van der Waals surface area (Å²) >= 11 is 0. The van der Waals surface area contributed by atoms with Crippen LogP contribution in [0, 0.1) is 0 Å². The molecule has 0 radical (unpaired) electrons. The number of unbranched alkanes of at least 4 members (excludes halogenated alkanes) is 4. The Morgan fingerprint density at radius 2 is 1.84 bits per heavy atom. The fourth-order valence-electron chi connectivity index (χ4n) is 2.88. The van der Waals surface area contributed by atoms with Crippen molar-refractivity contribution in [3.8, 4) is 11.5 Å². The number of phenols is 2. The van der Waals surface area contributed by atoms with Crippen LogP contribution < -0.4 is 5.32 Å². The van der Waals surface area contributed by atoms with Crippen molar-refractivity contribution in [2.75, 3.05) is 6.54 Å². The molecule has 1 unspecified atom stereocenters. The SMILES string of the molecule is CCCCCCCC1NCCc2cc(O)c(O)cc21. The highest BCUT2D eigenvalue weighted by molar-refractivity contribution is 5.47. The third-order valence-electron chi connectivity index (χ3n) is 3.99. The first kappa shape index (κ1) is 14.2. The fraction of sp³-hybridized carbons (Fsp3) is 0.625. The highest BCUT2D eigenvalue weighted by Gasteiger charge is 2.21. The average Bonchev–Trinajstić information content (AvgIpc) is 2.40. The predicted octanol–water partition coefficient (Wildman–Crippen LogP) is 3.65. The average molecular weight is 263 g/mol. The van der Waals surface area contributed by atoms with Crippen LogP contribution in [0.15, 0.2) is 12.1 Å². The Balaban J connectivity index is 1.95. The fourth-order valence-corrected chi connectivity index (χ4v) is 2.88. The van der Waals surface area contributed by atoms with Crippen LogP contribution >= 0.6 is 0 Å². The Morgan fingerprint density at radius 3 is 2.63 bits per heavy atom. The summed E-state index contributed by atoms with van der Waals surface area (Å²) in [5.74, 6) is 0.000721. The summed E-state index contributed by atoms with van der Waals surface area (Å²) in [5, 5.41) is 22.7. The van der Waals surface area contributed by atoms with Crippen LogP contribution in [0.3, 0.4) is 0 Å². The van der Waals surface area contributed by atoms with Gasteiger partial charge in [0.15, 0.2) is 11.5 Å². The summed E-state index contributed by atoms with van der Waals surface area (Å²) in [5.41, 5.74) is 2.34. The molecule has 3 heteroatoms. The Morgan fingerprint density at radius 1 is 1.11 bits per heavy atom. The van der Waals surface area contributed by atoms with E-state index in [4.69, 9.17) is 0 Å². The number of nitrogens with one attached hydrogen (secondary N) is 1. The lowest BCUT2D eigenvalue weighted by atomic mass is 9.90. The highest BCUT2D eigenvalue weighted by Crippen LogP contribution is 2.35. The van der Waals surface area contributed by atoms with Crippen molar-refractivity contribution in [1.29, 1.82) is 0 Å². The number of hydrogen-bond acceptors (Lipinski definition) is 3. The van der Waals surface area contributed by atoms with E-state index in [-0.39, 0.29) is 11.5 Å². The lowest BCUT2D eigenvalue weighted by Crippen LogP contribution is -2.29. The van der Waals surface area contributed by atoms with Gasteiger partial charge in [0.1, 0.15) is 0 Å². The number of hydrogen-bond donors (Lipinski definition) is 3. The molecule has 2 rings (SSSR count). The van der Waals surface area contributed by atoms with Gasteiger partial charge in [-0.05, 0) is 42.6 Å². The number of rotatable bonds is 6. The maximum Gasteiger partial charge on any atom is 0.157 e. The van der Waals surface area contributed by atoms with Crippen molar-refractivity contribution >= 4 is 0 Å². The highest BCUT2D eigenvalue weighted by atomic mass is 16.3. The molecule has 19 heavy (non-hydrogen) atoms. The van der Waals surface area contributed by atoms with Gasteiger partial charge in [-0.1, -0.05) is 39.0 Å². The minimum Gasteiger partial charge on any atom is -0.504 e. The summed E-state index contributed by atoms with van der Waals surface area (Å²) in [6.45, 7) is 3.19. The standard InChI is InChI=1S/C16H25NO2/c1-2-3-4-5-6-7-14-13-11-16(19)15(18)10-12(13)8-9-17-14/h10-11,14,17-19H,2-9H2,1H3. The minimum atomic E-state index is -0.00145. The number of phenolic OH excluding ortho intramolecular Hbond substituents is 2. The summed E-state index contributed by atoms with van der Waals surface area (Å²) in [6, 6.07) is 3.78. The molecule has 1 aromatic carbocycles. The number of benzene rings is 1. The van der Waals surface area contributed by atoms with Crippen LogP contribution in [0.4, 0.5) is 0 Å². The van der Waals surface area contributed by atoms with Crippen LogP contribution in [0.2, 0.25) is 0 Å². The van der Waals surface area contributed by atoms with Crippen LogP contribution in [-0.4, -0.2) is 16.8 Å². The summed E-state index contributed by atoms with van der Waals surface area (Å²) < 4.78 is 0. The quantitative estimate of drug-likeness (QED) is 0.542. The van der Waals surface area contributed by atoms with Crippen molar-refractivity contribution in [2.45, 2.75) is 57.9 Å². The van der Waals surface area contributed by atoms with E-state index in [9.17, 15) is 10.2 Å². The summed E-state index contributed by atoms with van der Waals surface area (Å²) in [6.07, 6.45) is 8.46. The van der Waals surface area contributed by atoms with E-state index < -0.39 is 0 Å². The molecular weight excluding hydrogens is 238 g/mol. The first-order valence-corrected chi connectivity index (χ1v) is 7.50. The third kappa shape index (κ3) is 3.63. The molecule has 1 atom stereocenters. The third-order valence-corrected chi connectivity index (χ3v) is 3.99. The van der Waals surface area contributed by atoms with Gasteiger partial charge in [0.2, 0.25) is 0 Å². The van der Waals surface area contributed by atoms with Gasteiger partial charge in [0.05, 0.1) is 0 Å². The summed E-state index contributed by atoms with van der Waals surface area (Å²) in [4.78, 5) is 0. The van der Waals surface area contributed by atoms with E-state index in [2.05, 4.69) is 12.2 Å². The van der Waals surface area contributed by atoms with Gasteiger partial charge in [-0.3, -0.25) is 0 Å². The minimum absolute atomic E-state index is 0.00145. The lowest BCUT2D eigenvalue weighted by molar-refractivity contribution is 0.395. The Labute approximate surface area is 115 Å². The Kier molecular flexibility index (Phi) is 5.08.